The minimum atomic E-state index is -3.47. The van der Waals surface area contributed by atoms with Crippen LogP contribution < -0.4 is 0 Å². The van der Waals surface area contributed by atoms with Crippen LogP contribution in [0, 0.1) is 18.8 Å². The number of piperidine rings is 1. The predicted molar refractivity (Wildman–Crippen MR) is 95.5 cm³/mol. The van der Waals surface area contributed by atoms with Gasteiger partial charge in [-0.25, -0.2) is 8.42 Å². The highest BCUT2D eigenvalue weighted by Gasteiger charge is 2.59. The molecular weight excluding hydrogens is 334 g/mol. The van der Waals surface area contributed by atoms with E-state index in [4.69, 9.17) is 4.74 Å². The van der Waals surface area contributed by atoms with Gasteiger partial charge < -0.3 is 4.74 Å². The van der Waals surface area contributed by atoms with Gasteiger partial charge in [-0.1, -0.05) is 47.7 Å². The van der Waals surface area contributed by atoms with Gasteiger partial charge in [0.25, 0.3) is 0 Å². The Balaban J connectivity index is 1.49. The molecule has 2 fully saturated rings. The first-order chi connectivity index (χ1) is 12.0. The molecule has 2 aliphatic heterocycles. The molecule has 128 valence electrons. The Morgan fingerprint density at radius 3 is 2.52 bits per heavy atom. The molecule has 0 amide bonds. The summed E-state index contributed by atoms with van der Waals surface area (Å²) >= 11 is 0. The van der Waals surface area contributed by atoms with Crippen LogP contribution in [0.25, 0.3) is 0 Å². The molecule has 5 heteroatoms. The molecule has 2 atom stereocenters. The Morgan fingerprint density at radius 2 is 1.84 bits per heavy atom. The molecule has 0 bridgehead atoms. The first kappa shape index (κ1) is 16.3. The SMILES string of the molecule is Cc1ccc(S(=O)(=O)N2CCC3(C#Cc4ccccc4)OC3C2)cc1. The Hall–Kier alpha value is -2.13. The van der Waals surface area contributed by atoms with Crippen molar-refractivity contribution in [3.8, 4) is 11.8 Å². The van der Waals surface area contributed by atoms with Crippen LogP contribution in [-0.4, -0.2) is 37.5 Å². The van der Waals surface area contributed by atoms with Crippen molar-refractivity contribution in [1.82, 2.24) is 4.31 Å². The largest absolute Gasteiger partial charge is 0.351 e. The fourth-order valence-corrected chi connectivity index (χ4v) is 4.58. The summed E-state index contributed by atoms with van der Waals surface area (Å²) in [6.07, 6.45) is 0.459. The molecule has 4 nitrogen and oxygen atoms in total. The zero-order valence-corrected chi connectivity index (χ0v) is 14.8. The van der Waals surface area contributed by atoms with Crippen molar-refractivity contribution in [3.63, 3.8) is 0 Å². The summed E-state index contributed by atoms with van der Waals surface area (Å²) in [5.74, 6) is 6.36. The molecule has 2 heterocycles. The average Bonchev–Trinajstić information content (AvgIpc) is 3.35. The molecule has 0 aliphatic carbocycles. The van der Waals surface area contributed by atoms with Gasteiger partial charge >= 0.3 is 0 Å². The second-order valence-corrected chi connectivity index (χ2v) is 8.48. The van der Waals surface area contributed by atoms with E-state index in [1.807, 2.05) is 49.4 Å². The van der Waals surface area contributed by atoms with E-state index in [-0.39, 0.29) is 6.10 Å². The molecule has 2 saturated heterocycles. The Morgan fingerprint density at radius 1 is 1.12 bits per heavy atom. The van der Waals surface area contributed by atoms with E-state index < -0.39 is 15.6 Å². The standard InChI is InChI=1S/C20H19NO3S/c1-16-7-9-18(10-8-16)25(22,23)21-14-13-20(19(15-21)24-20)12-11-17-5-3-2-4-6-17/h2-10,19H,13-15H2,1H3. The van der Waals surface area contributed by atoms with Crippen LogP contribution in [0.5, 0.6) is 0 Å². The molecule has 25 heavy (non-hydrogen) atoms. The first-order valence-corrected chi connectivity index (χ1v) is 9.76. The number of benzene rings is 2. The van der Waals surface area contributed by atoms with Gasteiger partial charge in [-0.15, -0.1) is 0 Å². The summed E-state index contributed by atoms with van der Waals surface area (Å²) in [6.45, 7) is 2.73. The zero-order valence-electron chi connectivity index (χ0n) is 14.0. The molecule has 0 aromatic heterocycles. The van der Waals surface area contributed by atoms with Gasteiger partial charge in [0.15, 0.2) is 5.60 Å². The van der Waals surface area contributed by atoms with E-state index in [0.717, 1.165) is 11.1 Å². The lowest BCUT2D eigenvalue weighted by molar-refractivity contribution is 0.340. The number of aryl methyl sites for hydroxylation is 1. The molecule has 0 saturated carbocycles. The normalized spacial score (nSPS) is 25.6. The van der Waals surface area contributed by atoms with E-state index in [9.17, 15) is 8.42 Å². The first-order valence-electron chi connectivity index (χ1n) is 8.32. The van der Waals surface area contributed by atoms with Crippen molar-refractivity contribution in [3.05, 3.63) is 65.7 Å². The topological polar surface area (TPSA) is 49.9 Å². The second kappa shape index (κ2) is 5.99. The number of ether oxygens (including phenoxy) is 1. The maximum atomic E-state index is 12.8. The van der Waals surface area contributed by atoms with E-state index in [1.54, 1.807) is 12.1 Å². The lowest BCUT2D eigenvalue weighted by Gasteiger charge is -2.26. The van der Waals surface area contributed by atoms with Gasteiger partial charge in [0, 0.05) is 25.1 Å². The lowest BCUT2D eigenvalue weighted by atomic mass is 9.98. The molecule has 2 aromatic rings. The van der Waals surface area contributed by atoms with Crippen molar-refractivity contribution in [1.29, 1.82) is 0 Å². The number of rotatable bonds is 2. The predicted octanol–water partition coefficient (Wildman–Crippen LogP) is 2.58. The summed E-state index contributed by atoms with van der Waals surface area (Å²) in [7, 11) is -3.47. The van der Waals surface area contributed by atoms with Gasteiger partial charge in [0.2, 0.25) is 10.0 Å². The second-order valence-electron chi connectivity index (χ2n) is 6.54. The third kappa shape index (κ3) is 3.09. The molecule has 2 aromatic carbocycles. The number of hydrogen-bond acceptors (Lipinski definition) is 3. The summed E-state index contributed by atoms with van der Waals surface area (Å²) in [6, 6.07) is 16.7. The molecular formula is C20H19NO3S. The molecule has 2 unspecified atom stereocenters. The van der Waals surface area contributed by atoms with Crippen LogP contribution in [0.4, 0.5) is 0 Å². The van der Waals surface area contributed by atoms with Crippen LogP contribution in [-0.2, 0) is 14.8 Å². The van der Waals surface area contributed by atoms with E-state index >= 15 is 0 Å². The van der Waals surface area contributed by atoms with Gasteiger partial charge in [0.1, 0.15) is 6.10 Å². The van der Waals surface area contributed by atoms with Crippen LogP contribution in [0.3, 0.4) is 0 Å². The Labute approximate surface area is 148 Å². The fraction of sp³-hybridized carbons (Fsp3) is 0.300. The summed E-state index contributed by atoms with van der Waals surface area (Å²) in [5.41, 5.74) is 1.51. The lowest BCUT2D eigenvalue weighted by Crippen LogP contribution is -2.42. The van der Waals surface area contributed by atoms with Crippen LogP contribution in [0.2, 0.25) is 0 Å². The molecule has 0 N–H and O–H groups in total. The molecule has 0 spiro atoms. The molecule has 4 rings (SSSR count). The van der Waals surface area contributed by atoms with Gasteiger partial charge in [-0.2, -0.15) is 4.31 Å². The van der Waals surface area contributed by atoms with Crippen LogP contribution in [0.15, 0.2) is 59.5 Å². The fourth-order valence-electron chi connectivity index (χ4n) is 3.14. The highest BCUT2D eigenvalue weighted by Crippen LogP contribution is 2.44. The number of sulfonamides is 1. The molecule has 2 aliphatic rings. The van der Waals surface area contributed by atoms with Crippen molar-refractivity contribution < 1.29 is 13.2 Å². The van der Waals surface area contributed by atoms with Crippen molar-refractivity contribution >= 4 is 10.0 Å². The third-order valence-electron chi connectivity index (χ3n) is 4.77. The maximum Gasteiger partial charge on any atom is 0.243 e. The van der Waals surface area contributed by atoms with E-state index in [1.165, 1.54) is 4.31 Å². The minimum Gasteiger partial charge on any atom is -0.351 e. The van der Waals surface area contributed by atoms with Crippen molar-refractivity contribution in [2.24, 2.45) is 0 Å². The Kier molecular flexibility index (Phi) is 3.92. The van der Waals surface area contributed by atoms with Crippen molar-refractivity contribution in [2.75, 3.05) is 13.1 Å². The highest BCUT2D eigenvalue weighted by atomic mass is 32.2. The number of hydrogen-bond donors (Lipinski definition) is 0. The van der Waals surface area contributed by atoms with Gasteiger partial charge in [0.05, 0.1) is 4.90 Å². The molecule has 0 radical (unpaired) electrons. The van der Waals surface area contributed by atoms with Crippen molar-refractivity contribution in [2.45, 2.75) is 29.9 Å². The van der Waals surface area contributed by atoms with E-state index in [0.29, 0.717) is 24.4 Å². The number of nitrogens with zero attached hydrogens (tertiary/aromatic N) is 1. The van der Waals surface area contributed by atoms with E-state index in [2.05, 4.69) is 11.8 Å². The average molecular weight is 353 g/mol. The smallest absolute Gasteiger partial charge is 0.243 e. The van der Waals surface area contributed by atoms with Gasteiger partial charge in [-0.3, -0.25) is 0 Å². The van der Waals surface area contributed by atoms with Gasteiger partial charge in [-0.05, 0) is 31.2 Å². The van der Waals surface area contributed by atoms with Crippen LogP contribution >= 0.6 is 0 Å². The summed E-state index contributed by atoms with van der Waals surface area (Å²) in [4.78, 5) is 0.335. The summed E-state index contributed by atoms with van der Waals surface area (Å²) < 4.78 is 32.9. The summed E-state index contributed by atoms with van der Waals surface area (Å²) in [5, 5.41) is 0. The monoisotopic (exact) mass is 353 g/mol. The third-order valence-corrected chi connectivity index (χ3v) is 6.65. The van der Waals surface area contributed by atoms with Crippen LogP contribution in [0.1, 0.15) is 17.5 Å². The quantitative estimate of drug-likeness (QED) is 0.616. The number of epoxide rings is 1. The minimum absolute atomic E-state index is 0.141. The Bertz CT molecular complexity index is 942. The number of fused-ring (bicyclic) bond motifs is 1. The zero-order chi connectivity index (χ0) is 17.5. The maximum absolute atomic E-state index is 12.8. The highest BCUT2D eigenvalue weighted by molar-refractivity contribution is 7.89.